The van der Waals surface area contributed by atoms with Gasteiger partial charge in [0.1, 0.15) is 22.9 Å². The third-order valence-corrected chi connectivity index (χ3v) is 8.63. The summed E-state index contributed by atoms with van der Waals surface area (Å²) in [5.74, 6) is -0.649. The van der Waals surface area contributed by atoms with E-state index in [0.717, 1.165) is 22.9 Å². The predicted molar refractivity (Wildman–Crippen MR) is 149 cm³/mol. The number of hydrogen-bond donors (Lipinski definition) is 2. The van der Waals surface area contributed by atoms with E-state index in [9.17, 15) is 13.2 Å². The normalized spacial score (nSPS) is 16.9. The molecule has 0 bridgehead atoms. The average Bonchev–Trinajstić information content (AvgIpc) is 3.26. The summed E-state index contributed by atoms with van der Waals surface area (Å²) in [6.07, 6.45) is 10.2. The minimum absolute atomic E-state index is 0.526. The summed E-state index contributed by atoms with van der Waals surface area (Å²) in [6.45, 7) is 2.13. The Morgan fingerprint density at radius 2 is 1.69 bits per heavy atom. The van der Waals surface area contributed by atoms with Crippen LogP contribution in [0.2, 0.25) is 0 Å². The Morgan fingerprint density at radius 3 is 2.31 bits per heavy atom. The number of nitrogens with one attached hydrogen (secondary N) is 1. The van der Waals surface area contributed by atoms with E-state index in [2.05, 4.69) is 53.2 Å². The first kappa shape index (κ1) is 29.1. The quantitative estimate of drug-likeness (QED) is 0.315. The van der Waals surface area contributed by atoms with Gasteiger partial charge in [-0.3, -0.25) is 4.40 Å². The van der Waals surface area contributed by atoms with Gasteiger partial charge < -0.3 is 15.2 Å². The Morgan fingerprint density at radius 1 is 1.05 bits per heavy atom. The maximum absolute atomic E-state index is 10.6. The molecule has 2 saturated carbocycles. The van der Waals surface area contributed by atoms with Gasteiger partial charge in [0.25, 0.3) is 0 Å². The summed E-state index contributed by atoms with van der Waals surface area (Å²) in [5, 5.41) is 11.7. The van der Waals surface area contributed by atoms with Crippen LogP contribution in [0.4, 0.5) is 19.0 Å². The summed E-state index contributed by atoms with van der Waals surface area (Å²) in [6, 6.07) is 11.5. The number of aromatic nitrogens is 2. The van der Waals surface area contributed by atoms with Crippen LogP contribution in [0.5, 0.6) is 5.75 Å². The van der Waals surface area contributed by atoms with Crippen LogP contribution in [0.25, 0.3) is 16.9 Å². The zero-order valence-corrected chi connectivity index (χ0v) is 23.2. The van der Waals surface area contributed by atoms with Crippen LogP contribution in [0.1, 0.15) is 69.8 Å². The van der Waals surface area contributed by atoms with Crippen LogP contribution in [0, 0.1) is 6.92 Å². The molecule has 39 heavy (non-hydrogen) atoms. The maximum atomic E-state index is 10.6. The first-order chi connectivity index (χ1) is 18.7. The molecule has 2 N–H and O–H groups in total. The van der Waals surface area contributed by atoms with Gasteiger partial charge in [-0.15, -0.1) is 11.8 Å². The number of carbonyl (C=O) groups is 1. The molecule has 0 aliphatic heterocycles. The molecular weight excluding hydrogens is 527 g/mol. The lowest BCUT2D eigenvalue weighted by Crippen LogP contribution is -2.23. The van der Waals surface area contributed by atoms with Crippen molar-refractivity contribution >= 4 is 29.2 Å². The smallest absolute Gasteiger partial charge is 0.490 e. The number of benzene rings is 1. The molecule has 0 atom stereocenters. The molecule has 0 radical (unpaired) electrons. The summed E-state index contributed by atoms with van der Waals surface area (Å²) in [5.41, 5.74) is 4.47. The monoisotopic (exact) mass is 563 g/mol. The van der Waals surface area contributed by atoms with Gasteiger partial charge in [-0.2, -0.15) is 13.2 Å². The van der Waals surface area contributed by atoms with E-state index >= 15 is 0 Å². The zero-order valence-electron chi connectivity index (χ0n) is 22.4. The molecule has 10 heteroatoms. The van der Waals surface area contributed by atoms with Crippen LogP contribution in [-0.4, -0.2) is 45.0 Å². The lowest BCUT2D eigenvalue weighted by Gasteiger charge is -2.24. The Labute approximate surface area is 231 Å². The third-order valence-electron chi connectivity index (χ3n) is 7.25. The number of anilines is 1. The van der Waals surface area contributed by atoms with Crippen molar-refractivity contribution in [3.05, 3.63) is 42.1 Å². The summed E-state index contributed by atoms with van der Waals surface area (Å²) in [7, 11) is 1.78. The van der Waals surface area contributed by atoms with Gasteiger partial charge >= 0.3 is 12.1 Å². The highest BCUT2D eigenvalue weighted by Crippen LogP contribution is 2.41. The van der Waals surface area contributed by atoms with Crippen LogP contribution < -0.4 is 10.1 Å². The predicted octanol–water partition coefficient (Wildman–Crippen LogP) is 8.12. The number of carboxylic acids is 1. The number of aliphatic carboxylic acids is 1. The topological polar surface area (TPSA) is 75.9 Å². The second-order valence-electron chi connectivity index (χ2n) is 10.3. The highest BCUT2D eigenvalue weighted by atomic mass is 32.2. The molecule has 2 fully saturated rings. The average molecular weight is 564 g/mol. The highest BCUT2D eigenvalue weighted by molar-refractivity contribution is 8.00. The number of rotatable bonds is 6. The van der Waals surface area contributed by atoms with Crippen molar-refractivity contribution in [1.29, 1.82) is 0 Å². The number of imidazole rings is 1. The standard InChI is InChI=1S/C27H35N3OS.C2HF3O2/c1-19-15-16-30-25(17-19)29-26(27(30)28-21-9-5-3-6-10-21)20-13-14-23(31-2)24(18-20)32-22-11-7-4-8-12-22;3-2(4,5)1(6)7/h13-18,21-22,28H,3-12H2,1-2H3;(H,6,7). The SMILES string of the molecule is COc1ccc(-c2nc3cc(C)ccn3c2NC2CCCCC2)cc1SC1CCCCC1.O=C(O)C(F)(F)F. The van der Waals surface area contributed by atoms with Gasteiger partial charge in [0.15, 0.2) is 0 Å². The van der Waals surface area contributed by atoms with Crippen molar-refractivity contribution < 1.29 is 27.8 Å². The molecule has 212 valence electrons. The largest absolute Gasteiger partial charge is 0.496 e. The van der Waals surface area contributed by atoms with Gasteiger partial charge in [0.2, 0.25) is 0 Å². The van der Waals surface area contributed by atoms with Crippen molar-refractivity contribution in [1.82, 2.24) is 9.38 Å². The zero-order chi connectivity index (χ0) is 28.0. The van der Waals surface area contributed by atoms with Crippen molar-refractivity contribution in [2.24, 2.45) is 0 Å². The number of pyridine rings is 1. The molecule has 0 saturated heterocycles. The lowest BCUT2D eigenvalue weighted by molar-refractivity contribution is -0.192. The molecule has 3 aromatic rings. The van der Waals surface area contributed by atoms with Gasteiger partial charge in [0, 0.05) is 23.1 Å². The molecule has 0 amide bonds. The van der Waals surface area contributed by atoms with E-state index in [-0.39, 0.29) is 0 Å². The molecular formula is C29H36F3N3O3S. The Kier molecular flexibility index (Phi) is 9.69. The van der Waals surface area contributed by atoms with Crippen molar-refractivity contribution in [3.63, 3.8) is 0 Å². The second-order valence-corrected chi connectivity index (χ2v) is 11.6. The Hall–Kier alpha value is -2.88. The molecule has 2 aliphatic rings. The number of carboxylic acid groups (broad SMARTS) is 1. The number of methoxy groups -OCH3 is 1. The number of ether oxygens (including phenoxy) is 1. The minimum atomic E-state index is -5.08. The van der Waals surface area contributed by atoms with E-state index in [1.165, 1.54) is 80.2 Å². The first-order valence-electron chi connectivity index (χ1n) is 13.6. The van der Waals surface area contributed by atoms with Crippen molar-refractivity contribution in [2.75, 3.05) is 12.4 Å². The summed E-state index contributed by atoms with van der Waals surface area (Å²) < 4.78 is 39.7. The number of fused-ring (bicyclic) bond motifs is 1. The van der Waals surface area contributed by atoms with E-state index in [4.69, 9.17) is 19.6 Å². The van der Waals surface area contributed by atoms with Gasteiger partial charge in [-0.1, -0.05) is 38.5 Å². The lowest BCUT2D eigenvalue weighted by atomic mass is 9.95. The van der Waals surface area contributed by atoms with Crippen molar-refractivity contribution in [2.45, 2.75) is 93.5 Å². The first-order valence-corrected chi connectivity index (χ1v) is 14.4. The van der Waals surface area contributed by atoms with E-state index in [1.54, 1.807) is 7.11 Å². The Bertz CT molecular complexity index is 1270. The molecule has 6 nitrogen and oxygen atoms in total. The number of alkyl halides is 3. The van der Waals surface area contributed by atoms with Crippen molar-refractivity contribution in [3.8, 4) is 17.0 Å². The van der Waals surface area contributed by atoms with Gasteiger partial charge in [-0.25, -0.2) is 9.78 Å². The van der Waals surface area contributed by atoms with Gasteiger partial charge in [-0.05, 0) is 68.5 Å². The molecule has 0 spiro atoms. The number of nitrogens with zero attached hydrogens (tertiary/aromatic N) is 2. The number of thioether (sulfide) groups is 1. The summed E-state index contributed by atoms with van der Waals surface area (Å²) >= 11 is 2.00. The van der Waals surface area contributed by atoms with E-state index in [1.807, 2.05) is 11.8 Å². The minimum Gasteiger partial charge on any atom is -0.496 e. The van der Waals surface area contributed by atoms with E-state index in [0.29, 0.717) is 11.3 Å². The van der Waals surface area contributed by atoms with Gasteiger partial charge in [0.05, 0.1) is 12.0 Å². The third kappa shape index (κ3) is 7.62. The maximum Gasteiger partial charge on any atom is 0.490 e. The summed E-state index contributed by atoms with van der Waals surface area (Å²) in [4.78, 5) is 15.2. The molecule has 1 aromatic carbocycles. The molecule has 2 aliphatic carbocycles. The number of halogens is 3. The fourth-order valence-electron chi connectivity index (χ4n) is 5.20. The van der Waals surface area contributed by atoms with Crippen LogP contribution >= 0.6 is 11.8 Å². The fraction of sp³-hybridized carbons (Fsp3) is 0.517. The number of hydrogen-bond acceptors (Lipinski definition) is 5. The molecule has 0 unspecified atom stereocenters. The van der Waals surface area contributed by atoms with Crippen LogP contribution in [0.3, 0.4) is 0 Å². The number of aryl methyl sites for hydroxylation is 1. The molecule has 5 rings (SSSR count). The molecule has 2 heterocycles. The van der Waals surface area contributed by atoms with E-state index < -0.39 is 12.1 Å². The molecule has 2 aromatic heterocycles. The fourth-order valence-corrected chi connectivity index (χ4v) is 6.60. The Balaban J connectivity index is 0.000000448. The second kappa shape index (κ2) is 13.0. The van der Waals surface area contributed by atoms with Crippen LogP contribution in [-0.2, 0) is 4.79 Å². The highest BCUT2D eigenvalue weighted by Gasteiger charge is 2.38. The van der Waals surface area contributed by atoms with Crippen LogP contribution in [0.15, 0.2) is 41.4 Å².